The van der Waals surface area contributed by atoms with E-state index in [9.17, 15) is 9.59 Å². The molecule has 0 bridgehead atoms. The highest BCUT2D eigenvalue weighted by Crippen LogP contribution is 2.57. The number of anilines is 1. The van der Waals surface area contributed by atoms with E-state index in [2.05, 4.69) is 16.7 Å². The van der Waals surface area contributed by atoms with Gasteiger partial charge in [-0.3, -0.25) is 9.59 Å². The molecule has 7 heteroatoms. The Kier molecular flexibility index (Phi) is 5.26. The largest absolute Gasteiger partial charge is 0.497 e. The number of piperidine rings is 1. The number of carbonyl (C=O) groups excluding carboxylic acids is 2. The second-order valence-corrected chi connectivity index (χ2v) is 9.39. The second kappa shape index (κ2) is 7.98. The third-order valence-electron chi connectivity index (χ3n) is 6.81. The predicted octanol–water partition coefficient (Wildman–Crippen LogP) is 5.11. The molecule has 2 aliphatic heterocycles. The maximum absolute atomic E-state index is 13.9. The smallest absolute Gasteiger partial charge is 0.237 e. The van der Waals surface area contributed by atoms with E-state index in [1.807, 2.05) is 42.5 Å². The fraction of sp³-hybridized carbons (Fsp3) is 0.280. The van der Waals surface area contributed by atoms with Crippen molar-refractivity contribution in [3.63, 3.8) is 0 Å². The number of carbonyl (C=O) groups is 2. The minimum absolute atomic E-state index is 0.0703. The lowest BCUT2D eigenvalue weighted by Gasteiger charge is -2.48. The molecule has 4 atom stereocenters. The van der Waals surface area contributed by atoms with E-state index in [0.29, 0.717) is 27.9 Å². The number of hydrogen-bond acceptors (Lipinski definition) is 3. The summed E-state index contributed by atoms with van der Waals surface area (Å²) in [6.07, 6.45) is 6.62. The third kappa shape index (κ3) is 3.23. The third-order valence-corrected chi connectivity index (χ3v) is 7.33. The standard InChI is InChI=1S/C25H22Cl2N2O3/c1-32-18-7-3-5-15(11-18)23-25(19-9-8-17(27)12-21(19)28-24(25)31)20(13-22(30)29-23)14-4-2-6-16(26)10-14/h2-9,11-12,14,20,23H,10,13H2,1H3,(H,28,31)(H,29,30)/t14?,20-,23-,25-/m0/s1. The molecule has 5 nitrogen and oxygen atoms in total. The molecule has 1 fully saturated rings. The van der Waals surface area contributed by atoms with Gasteiger partial charge in [0.15, 0.2) is 0 Å². The van der Waals surface area contributed by atoms with Gasteiger partial charge < -0.3 is 15.4 Å². The quantitative estimate of drug-likeness (QED) is 0.656. The van der Waals surface area contributed by atoms with Crippen molar-refractivity contribution in [1.29, 1.82) is 0 Å². The highest BCUT2D eigenvalue weighted by Gasteiger charge is 2.62. The number of hydrogen-bond donors (Lipinski definition) is 2. The van der Waals surface area contributed by atoms with Gasteiger partial charge in [0.05, 0.1) is 13.2 Å². The van der Waals surface area contributed by atoms with Crippen LogP contribution in [0.15, 0.2) is 65.7 Å². The van der Waals surface area contributed by atoms with Gasteiger partial charge in [-0.1, -0.05) is 53.6 Å². The number of halogens is 2. The molecule has 1 spiro atoms. The Morgan fingerprint density at radius 1 is 1.09 bits per heavy atom. The van der Waals surface area contributed by atoms with Gasteiger partial charge >= 0.3 is 0 Å². The lowest BCUT2D eigenvalue weighted by molar-refractivity contribution is -0.135. The van der Waals surface area contributed by atoms with E-state index >= 15 is 0 Å². The maximum Gasteiger partial charge on any atom is 0.237 e. The number of ether oxygens (including phenoxy) is 1. The molecule has 1 saturated heterocycles. The van der Waals surface area contributed by atoms with Crippen LogP contribution in [0.25, 0.3) is 0 Å². The molecular weight excluding hydrogens is 447 g/mol. The lowest BCUT2D eigenvalue weighted by atomic mass is 9.57. The van der Waals surface area contributed by atoms with Crippen LogP contribution in [0, 0.1) is 11.8 Å². The SMILES string of the molecule is COc1cccc([C@@H]2NC(=O)C[C@@H](C3C=CC=C(Cl)C3)[C@]23C(=O)Nc2cc(Cl)ccc23)c1. The van der Waals surface area contributed by atoms with Crippen molar-refractivity contribution in [2.45, 2.75) is 24.3 Å². The van der Waals surface area contributed by atoms with E-state index < -0.39 is 11.5 Å². The number of fused-ring (bicyclic) bond motifs is 2. The van der Waals surface area contributed by atoms with E-state index in [0.717, 1.165) is 11.1 Å². The fourth-order valence-electron chi connectivity index (χ4n) is 5.49. The molecular formula is C25H22Cl2N2O3. The van der Waals surface area contributed by atoms with E-state index in [-0.39, 0.29) is 30.1 Å². The summed E-state index contributed by atoms with van der Waals surface area (Å²) in [7, 11) is 1.60. The summed E-state index contributed by atoms with van der Waals surface area (Å²) in [6.45, 7) is 0. The van der Waals surface area contributed by atoms with Crippen LogP contribution < -0.4 is 15.4 Å². The zero-order valence-corrected chi connectivity index (χ0v) is 18.9. The normalized spacial score (nSPS) is 28.7. The Morgan fingerprint density at radius 3 is 2.72 bits per heavy atom. The lowest BCUT2D eigenvalue weighted by Crippen LogP contribution is -2.59. The molecule has 1 unspecified atom stereocenters. The van der Waals surface area contributed by atoms with Crippen LogP contribution in [0.2, 0.25) is 5.02 Å². The van der Waals surface area contributed by atoms with Crippen molar-refractivity contribution in [1.82, 2.24) is 5.32 Å². The van der Waals surface area contributed by atoms with Crippen molar-refractivity contribution in [3.05, 3.63) is 81.9 Å². The Bertz CT molecular complexity index is 1180. The van der Waals surface area contributed by atoms with Crippen molar-refractivity contribution in [2.75, 3.05) is 12.4 Å². The van der Waals surface area contributed by atoms with Crippen molar-refractivity contribution < 1.29 is 14.3 Å². The number of amides is 2. The van der Waals surface area contributed by atoms with Crippen LogP contribution in [-0.2, 0) is 15.0 Å². The Morgan fingerprint density at radius 2 is 1.94 bits per heavy atom. The minimum Gasteiger partial charge on any atom is -0.497 e. The highest BCUT2D eigenvalue weighted by atomic mass is 35.5. The van der Waals surface area contributed by atoms with Gasteiger partial charge in [-0.2, -0.15) is 0 Å². The molecule has 2 amide bonds. The summed E-state index contributed by atoms with van der Waals surface area (Å²) in [4.78, 5) is 26.9. The van der Waals surface area contributed by atoms with E-state index in [1.54, 1.807) is 19.2 Å². The Labute approximate surface area is 196 Å². The molecule has 164 valence electrons. The molecule has 0 saturated carbocycles. The second-order valence-electron chi connectivity index (χ2n) is 8.47. The molecule has 32 heavy (non-hydrogen) atoms. The number of nitrogens with one attached hydrogen (secondary N) is 2. The molecule has 1 aliphatic carbocycles. The molecule has 2 heterocycles. The number of allylic oxidation sites excluding steroid dienone is 4. The van der Waals surface area contributed by atoms with Gasteiger partial charge in [-0.15, -0.1) is 0 Å². The summed E-state index contributed by atoms with van der Waals surface area (Å²) < 4.78 is 5.43. The Hall–Kier alpha value is -2.76. The molecule has 0 aromatic heterocycles. The van der Waals surface area contributed by atoms with Crippen LogP contribution in [0.3, 0.4) is 0 Å². The first-order valence-corrected chi connectivity index (χ1v) is 11.3. The van der Waals surface area contributed by atoms with Gasteiger partial charge in [-0.25, -0.2) is 0 Å². The van der Waals surface area contributed by atoms with Crippen molar-refractivity contribution in [2.24, 2.45) is 11.8 Å². The van der Waals surface area contributed by atoms with Gasteiger partial charge in [0.25, 0.3) is 0 Å². The predicted molar refractivity (Wildman–Crippen MR) is 125 cm³/mol. The highest BCUT2D eigenvalue weighted by molar-refractivity contribution is 6.31. The average Bonchev–Trinajstić information content (AvgIpc) is 3.06. The molecule has 3 aliphatic rings. The molecule has 2 N–H and O–H groups in total. The van der Waals surface area contributed by atoms with Gasteiger partial charge in [-0.05, 0) is 59.7 Å². The molecule has 0 radical (unpaired) electrons. The summed E-state index contributed by atoms with van der Waals surface area (Å²) in [5.74, 6) is 0.0503. The van der Waals surface area contributed by atoms with Crippen molar-refractivity contribution >= 4 is 40.7 Å². The Balaban J connectivity index is 1.74. The number of methoxy groups -OCH3 is 1. The van der Waals surface area contributed by atoms with Crippen LogP contribution >= 0.6 is 23.2 Å². The van der Waals surface area contributed by atoms with Crippen LogP contribution in [0.4, 0.5) is 5.69 Å². The topological polar surface area (TPSA) is 67.4 Å². The van der Waals surface area contributed by atoms with Crippen LogP contribution in [-0.4, -0.2) is 18.9 Å². The number of benzene rings is 2. The molecule has 2 aromatic rings. The average molecular weight is 469 g/mol. The van der Waals surface area contributed by atoms with E-state index in [1.165, 1.54) is 0 Å². The summed E-state index contributed by atoms with van der Waals surface area (Å²) >= 11 is 12.6. The van der Waals surface area contributed by atoms with Gasteiger partial charge in [0, 0.05) is 22.2 Å². The first-order chi connectivity index (χ1) is 15.4. The van der Waals surface area contributed by atoms with Crippen LogP contribution in [0.5, 0.6) is 5.75 Å². The zero-order chi connectivity index (χ0) is 22.5. The summed E-state index contributed by atoms with van der Waals surface area (Å²) in [6, 6.07) is 12.4. The van der Waals surface area contributed by atoms with Crippen LogP contribution in [0.1, 0.15) is 30.0 Å². The molecule has 2 aromatic carbocycles. The van der Waals surface area contributed by atoms with Crippen molar-refractivity contribution in [3.8, 4) is 5.75 Å². The fourth-order valence-corrected chi connectivity index (χ4v) is 5.91. The van der Waals surface area contributed by atoms with E-state index in [4.69, 9.17) is 27.9 Å². The monoisotopic (exact) mass is 468 g/mol. The first kappa shape index (κ1) is 21.1. The van der Waals surface area contributed by atoms with Gasteiger partial charge in [0.2, 0.25) is 11.8 Å². The summed E-state index contributed by atoms with van der Waals surface area (Å²) in [5.41, 5.74) is 1.30. The van der Waals surface area contributed by atoms with Gasteiger partial charge in [0.1, 0.15) is 11.2 Å². The maximum atomic E-state index is 13.9. The summed E-state index contributed by atoms with van der Waals surface area (Å²) in [5, 5.41) is 7.42. The molecule has 5 rings (SSSR count). The number of rotatable bonds is 3. The minimum atomic E-state index is -1.02. The zero-order valence-electron chi connectivity index (χ0n) is 17.4. The first-order valence-electron chi connectivity index (χ1n) is 10.5.